The van der Waals surface area contributed by atoms with Gasteiger partial charge in [-0.2, -0.15) is 5.10 Å². The molecule has 0 aliphatic carbocycles. The van der Waals surface area contributed by atoms with Crippen LogP contribution in [0.15, 0.2) is 16.6 Å². The third-order valence-electron chi connectivity index (χ3n) is 3.70. The maximum absolute atomic E-state index is 11.1. The van der Waals surface area contributed by atoms with E-state index in [1.165, 1.54) is 5.56 Å². The van der Waals surface area contributed by atoms with Crippen LogP contribution in [0.2, 0.25) is 0 Å². The molecule has 0 unspecified atom stereocenters. The minimum absolute atomic E-state index is 0.613. The van der Waals surface area contributed by atoms with Crippen molar-refractivity contribution in [3.05, 3.63) is 44.7 Å². The molecule has 0 spiro atoms. The normalized spacial score (nSPS) is 13.2. The van der Waals surface area contributed by atoms with Crippen molar-refractivity contribution in [3.8, 4) is 5.75 Å². The predicted octanol–water partition coefficient (Wildman–Crippen LogP) is 3.06. The molecule has 1 aliphatic rings. The molecule has 2 aromatic rings. The van der Waals surface area contributed by atoms with E-state index in [0.717, 1.165) is 46.5 Å². The van der Waals surface area contributed by atoms with Crippen molar-refractivity contribution in [2.24, 2.45) is 0 Å². The minimum Gasteiger partial charge on any atom is -0.493 e. The Morgan fingerprint density at radius 1 is 1.45 bits per heavy atom. The van der Waals surface area contributed by atoms with Crippen LogP contribution in [0.5, 0.6) is 5.75 Å². The van der Waals surface area contributed by atoms with E-state index in [-0.39, 0.29) is 0 Å². The van der Waals surface area contributed by atoms with Gasteiger partial charge in [-0.05, 0) is 31.5 Å². The summed E-state index contributed by atoms with van der Waals surface area (Å²) in [5, 5.41) is 4.45. The minimum atomic E-state index is 0.613. The summed E-state index contributed by atoms with van der Waals surface area (Å²) in [7, 11) is 0. The summed E-state index contributed by atoms with van der Waals surface area (Å²) in [6.45, 7) is 5.12. The van der Waals surface area contributed by atoms with Crippen LogP contribution in [0.25, 0.3) is 0 Å². The van der Waals surface area contributed by atoms with Gasteiger partial charge in [-0.15, -0.1) is 0 Å². The molecule has 0 N–H and O–H groups in total. The fraction of sp³-hybridized carbons (Fsp3) is 0.333. The molecule has 4 nitrogen and oxygen atoms in total. The standard InChI is InChI=1S/C15H15BrN2O2/c1-9-14(8-19)10(2)18(17-9)7-12-6-13(16)5-11-3-4-20-15(11)12/h5-6,8H,3-4,7H2,1-2H3. The van der Waals surface area contributed by atoms with Gasteiger partial charge in [0, 0.05) is 22.2 Å². The monoisotopic (exact) mass is 334 g/mol. The number of benzene rings is 1. The quantitative estimate of drug-likeness (QED) is 0.810. The maximum atomic E-state index is 11.1. The fourth-order valence-electron chi connectivity index (χ4n) is 2.66. The second-order valence-corrected chi connectivity index (χ2v) is 5.93. The topological polar surface area (TPSA) is 44.1 Å². The van der Waals surface area contributed by atoms with Gasteiger partial charge < -0.3 is 4.74 Å². The molecule has 104 valence electrons. The molecule has 0 saturated heterocycles. The zero-order valence-electron chi connectivity index (χ0n) is 11.4. The molecule has 0 atom stereocenters. The van der Waals surface area contributed by atoms with Crippen molar-refractivity contribution in [3.63, 3.8) is 0 Å². The SMILES string of the molecule is Cc1nn(Cc2cc(Br)cc3c2OCC3)c(C)c1C=O. The molecule has 3 rings (SSSR count). The van der Waals surface area contributed by atoms with Gasteiger partial charge in [-0.25, -0.2) is 0 Å². The third kappa shape index (κ3) is 2.16. The van der Waals surface area contributed by atoms with E-state index in [1.807, 2.05) is 18.5 Å². The maximum Gasteiger partial charge on any atom is 0.153 e. The number of fused-ring (bicyclic) bond motifs is 1. The zero-order chi connectivity index (χ0) is 14.3. The summed E-state index contributed by atoms with van der Waals surface area (Å²) in [4.78, 5) is 11.1. The summed E-state index contributed by atoms with van der Waals surface area (Å²) in [5.41, 5.74) is 4.66. The average molecular weight is 335 g/mol. The first-order valence-electron chi connectivity index (χ1n) is 6.53. The molecule has 0 radical (unpaired) electrons. The molecule has 0 saturated carbocycles. The molecule has 0 bridgehead atoms. The van der Waals surface area contributed by atoms with Gasteiger partial charge in [-0.3, -0.25) is 9.48 Å². The molecule has 5 heteroatoms. The van der Waals surface area contributed by atoms with Crippen molar-refractivity contribution in [1.29, 1.82) is 0 Å². The highest BCUT2D eigenvalue weighted by Gasteiger charge is 2.19. The molecule has 0 amide bonds. The zero-order valence-corrected chi connectivity index (χ0v) is 13.0. The summed E-state index contributed by atoms with van der Waals surface area (Å²) in [6, 6.07) is 4.16. The number of carbonyl (C=O) groups excluding carboxylic acids is 1. The Kier molecular flexibility index (Phi) is 3.38. The van der Waals surface area contributed by atoms with E-state index in [0.29, 0.717) is 12.1 Å². The van der Waals surface area contributed by atoms with Crippen LogP contribution in [0.4, 0.5) is 0 Å². The summed E-state index contributed by atoms with van der Waals surface area (Å²) in [5.74, 6) is 0.966. The Morgan fingerprint density at radius 2 is 2.25 bits per heavy atom. The number of rotatable bonds is 3. The fourth-order valence-corrected chi connectivity index (χ4v) is 3.21. The predicted molar refractivity (Wildman–Crippen MR) is 79.5 cm³/mol. The van der Waals surface area contributed by atoms with Crippen LogP contribution in [-0.4, -0.2) is 22.7 Å². The number of halogens is 1. The van der Waals surface area contributed by atoms with Crippen LogP contribution in [-0.2, 0) is 13.0 Å². The van der Waals surface area contributed by atoms with Gasteiger partial charge in [0.15, 0.2) is 6.29 Å². The van der Waals surface area contributed by atoms with E-state index < -0.39 is 0 Å². The van der Waals surface area contributed by atoms with Gasteiger partial charge in [0.25, 0.3) is 0 Å². The first-order chi connectivity index (χ1) is 9.60. The Balaban J connectivity index is 2.02. The van der Waals surface area contributed by atoms with Crippen molar-refractivity contribution in [2.45, 2.75) is 26.8 Å². The van der Waals surface area contributed by atoms with Crippen LogP contribution in [0.3, 0.4) is 0 Å². The number of hydrogen-bond donors (Lipinski definition) is 0. The van der Waals surface area contributed by atoms with Gasteiger partial charge in [-0.1, -0.05) is 15.9 Å². The average Bonchev–Trinajstić information content (AvgIpc) is 2.95. The van der Waals surface area contributed by atoms with E-state index in [1.54, 1.807) is 0 Å². The first-order valence-corrected chi connectivity index (χ1v) is 7.32. The number of nitrogens with zero attached hydrogens (tertiary/aromatic N) is 2. The van der Waals surface area contributed by atoms with E-state index in [4.69, 9.17) is 4.74 Å². The lowest BCUT2D eigenvalue weighted by Crippen LogP contribution is -2.06. The van der Waals surface area contributed by atoms with E-state index >= 15 is 0 Å². The number of hydrogen-bond acceptors (Lipinski definition) is 3. The lowest BCUT2D eigenvalue weighted by atomic mass is 10.1. The van der Waals surface area contributed by atoms with Gasteiger partial charge >= 0.3 is 0 Å². The number of carbonyl (C=O) groups is 1. The molecule has 0 fully saturated rings. The summed E-state index contributed by atoms with van der Waals surface area (Å²) >= 11 is 3.54. The highest BCUT2D eigenvalue weighted by atomic mass is 79.9. The Morgan fingerprint density at radius 3 is 2.95 bits per heavy atom. The van der Waals surface area contributed by atoms with E-state index in [9.17, 15) is 4.79 Å². The molecule has 2 heterocycles. The van der Waals surface area contributed by atoms with Crippen molar-refractivity contribution < 1.29 is 9.53 Å². The van der Waals surface area contributed by atoms with Crippen molar-refractivity contribution in [2.75, 3.05) is 6.61 Å². The number of aldehydes is 1. The van der Waals surface area contributed by atoms with Crippen LogP contribution >= 0.6 is 15.9 Å². The first kappa shape index (κ1) is 13.4. The second kappa shape index (κ2) is 5.05. The largest absolute Gasteiger partial charge is 0.493 e. The van der Waals surface area contributed by atoms with E-state index in [2.05, 4.69) is 33.2 Å². The lowest BCUT2D eigenvalue weighted by Gasteiger charge is -2.10. The van der Waals surface area contributed by atoms with Crippen LogP contribution < -0.4 is 4.74 Å². The molecule has 20 heavy (non-hydrogen) atoms. The van der Waals surface area contributed by atoms with Gasteiger partial charge in [0.05, 0.1) is 24.4 Å². The van der Waals surface area contributed by atoms with Crippen LogP contribution in [0.1, 0.15) is 32.9 Å². The number of aryl methyl sites for hydroxylation is 1. The Bertz CT molecular complexity index is 692. The van der Waals surface area contributed by atoms with Gasteiger partial charge in [0.2, 0.25) is 0 Å². The number of aromatic nitrogens is 2. The summed E-state index contributed by atoms with van der Waals surface area (Å²) < 4.78 is 8.64. The highest BCUT2D eigenvalue weighted by molar-refractivity contribution is 9.10. The molecule has 1 aromatic heterocycles. The highest BCUT2D eigenvalue weighted by Crippen LogP contribution is 2.33. The van der Waals surface area contributed by atoms with Crippen LogP contribution in [0, 0.1) is 13.8 Å². The second-order valence-electron chi connectivity index (χ2n) is 5.01. The molecular weight excluding hydrogens is 320 g/mol. The summed E-state index contributed by atoms with van der Waals surface area (Å²) in [6.07, 6.45) is 1.81. The Hall–Kier alpha value is -1.62. The molecule has 1 aliphatic heterocycles. The van der Waals surface area contributed by atoms with Crippen molar-refractivity contribution >= 4 is 22.2 Å². The van der Waals surface area contributed by atoms with Gasteiger partial charge in [0.1, 0.15) is 5.75 Å². The smallest absolute Gasteiger partial charge is 0.153 e. The molecule has 1 aromatic carbocycles. The third-order valence-corrected chi connectivity index (χ3v) is 4.16. The number of ether oxygens (including phenoxy) is 1. The van der Waals surface area contributed by atoms with Crippen molar-refractivity contribution in [1.82, 2.24) is 9.78 Å². The lowest BCUT2D eigenvalue weighted by molar-refractivity contribution is 0.112. The Labute approximate surface area is 125 Å². The molecular formula is C15H15BrN2O2.